The van der Waals surface area contributed by atoms with Crippen LogP contribution in [0.15, 0.2) is 0 Å². The molecule has 0 aliphatic rings. The van der Waals surface area contributed by atoms with Crippen LogP contribution in [0.5, 0.6) is 0 Å². The fourth-order valence-electron chi connectivity index (χ4n) is 4.74. The third kappa shape index (κ3) is 60.5. The van der Waals surface area contributed by atoms with Gasteiger partial charge in [0.05, 0.1) is 0 Å². The Bertz CT molecular complexity index is 480. The van der Waals surface area contributed by atoms with E-state index in [1.54, 1.807) is 0 Å². The Kier molecular flexibility index (Phi) is 50.5. The number of carboxylic acid groups (broad SMARTS) is 3. The molecule has 0 unspecified atom stereocenters. The van der Waals surface area contributed by atoms with Gasteiger partial charge in [-0.2, -0.15) is 0 Å². The minimum Gasteiger partial charge on any atom is -0.550 e. The van der Waals surface area contributed by atoms with E-state index in [4.69, 9.17) is 0 Å². The zero-order valence-corrected chi connectivity index (χ0v) is 28.7. The van der Waals surface area contributed by atoms with Crippen molar-refractivity contribution >= 4 is 26.3 Å². The SMILES string of the molecule is CCCCCCCCCCCC(=O)[O-].CCCCCCCCCCCC(=O)[O-].CCCCCCCCCCCC(=O)[O-].[B+3]. The molecule has 0 spiro atoms. The molecular formula is C36H69BO6. The summed E-state index contributed by atoms with van der Waals surface area (Å²) in [6, 6.07) is 0. The Balaban J connectivity index is -0.000000262. The summed E-state index contributed by atoms with van der Waals surface area (Å²) in [4.78, 5) is 30.3. The fourth-order valence-corrected chi connectivity index (χ4v) is 4.74. The van der Waals surface area contributed by atoms with Crippen LogP contribution in [0.1, 0.15) is 213 Å². The first kappa shape index (κ1) is 48.4. The molecule has 0 N–H and O–H groups in total. The van der Waals surface area contributed by atoms with Gasteiger partial charge in [-0.05, 0) is 38.5 Å². The third-order valence-electron chi connectivity index (χ3n) is 7.45. The number of rotatable bonds is 30. The van der Waals surface area contributed by atoms with Crippen LogP contribution >= 0.6 is 0 Å². The van der Waals surface area contributed by atoms with Gasteiger partial charge in [0.2, 0.25) is 0 Å². The van der Waals surface area contributed by atoms with Crippen LogP contribution in [-0.2, 0) is 14.4 Å². The van der Waals surface area contributed by atoms with Crippen LogP contribution in [0.4, 0.5) is 0 Å². The van der Waals surface area contributed by atoms with Crippen LogP contribution in [0.3, 0.4) is 0 Å². The van der Waals surface area contributed by atoms with Crippen molar-refractivity contribution in [2.75, 3.05) is 0 Å². The zero-order chi connectivity index (χ0) is 31.9. The Labute approximate surface area is 269 Å². The summed E-state index contributed by atoms with van der Waals surface area (Å²) in [6.07, 6.45) is 33.5. The van der Waals surface area contributed by atoms with Gasteiger partial charge in [0.15, 0.2) is 0 Å². The number of carbonyl (C=O) groups excluding carboxylic acids is 3. The number of carbonyl (C=O) groups is 3. The summed E-state index contributed by atoms with van der Waals surface area (Å²) in [5.41, 5.74) is 0. The topological polar surface area (TPSA) is 120 Å². The van der Waals surface area contributed by atoms with Gasteiger partial charge < -0.3 is 29.7 Å². The van der Waals surface area contributed by atoms with Gasteiger partial charge in [0.25, 0.3) is 0 Å². The maximum atomic E-state index is 10.1. The second-order valence-electron chi connectivity index (χ2n) is 11.9. The molecule has 0 saturated heterocycles. The van der Waals surface area contributed by atoms with E-state index >= 15 is 0 Å². The number of hydrogen-bond acceptors (Lipinski definition) is 6. The Hall–Kier alpha value is -1.53. The van der Waals surface area contributed by atoms with Crippen molar-refractivity contribution in [1.82, 2.24) is 0 Å². The van der Waals surface area contributed by atoms with E-state index in [0.717, 1.165) is 38.5 Å². The molecule has 0 rings (SSSR count). The van der Waals surface area contributed by atoms with Crippen molar-refractivity contribution in [3.8, 4) is 0 Å². The van der Waals surface area contributed by atoms with Crippen molar-refractivity contribution in [3.05, 3.63) is 0 Å². The van der Waals surface area contributed by atoms with Crippen molar-refractivity contribution in [3.63, 3.8) is 0 Å². The summed E-state index contributed by atoms with van der Waals surface area (Å²) in [7, 11) is 0. The van der Waals surface area contributed by atoms with Gasteiger partial charge in [-0.25, -0.2) is 0 Å². The van der Waals surface area contributed by atoms with Crippen LogP contribution in [0.25, 0.3) is 0 Å². The smallest absolute Gasteiger partial charge is 0.550 e. The van der Waals surface area contributed by atoms with E-state index in [0.29, 0.717) is 0 Å². The zero-order valence-electron chi connectivity index (χ0n) is 28.7. The molecule has 0 aromatic carbocycles. The molecular weight excluding hydrogens is 539 g/mol. The summed E-state index contributed by atoms with van der Waals surface area (Å²) in [5, 5.41) is 30.3. The van der Waals surface area contributed by atoms with Gasteiger partial charge in [-0.15, -0.1) is 0 Å². The molecule has 6 nitrogen and oxygen atoms in total. The van der Waals surface area contributed by atoms with E-state index in [-0.39, 0.29) is 27.7 Å². The van der Waals surface area contributed by atoms with Crippen molar-refractivity contribution in [1.29, 1.82) is 0 Å². The standard InChI is InChI=1S/3C12H24O2.B/c3*1-2-3-4-5-6-7-8-9-10-11-12(13)14;/h3*2-11H2,1H3,(H,13,14);/q;;;+3/p-3. The van der Waals surface area contributed by atoms with E-state index in [1.807, 2.05) is 0 Å². The number of aliphatic carboxylic acids is 3. The molecule has 0 aromatic rings. The molecule has 0 atom stereocenters. The summed E-state index contributed by atoms with van der Waals surface area (Å²) in [6.45, 7) is 6.67. The van der Waals surface area contributed by atoms with Crippen molar-refractivity contribution < 1.29 is 29.7 Å². The number of carboxylic acids is 3. The molecule has 0 bridgehead atoms. The molecule has 0 amide bonds. The molecule has 0 aliphatic carbocycles. The largest absolute Gasteiger partial charge is 3.00 e. The van der Waals surface area contributed by atoms with Gasteiger partial charge in [-0.1, -0.05) is 175 Å². The van der Waals surface area contributed by atoms with Crippen molar-refractivity contribution in [2.45, 2.75) is 213 Å². The molecule has 7 heteroatoms. The van der Waals surface area contributed by atoms with E-state index in [2.05, 4.69) is 20.8 Å². The predicted molar refractivity (Wildman–Crippen MR) is 176 cm³/mol. The quantitative estimate of drug-likeness (QED) is 0.0612. The van der Waals surface area contributed by atoms with Crippen LogP contribution < -0.4 is 15.3 Å². The van der Waals surface area contributed by atoms with Gasteiger partial charge in [0, 0.05) is 17.9 Å². The minimum atomic E-state index is -0.909. The van der Waals surface area contributed by atoms with E-state index in [9.17, 15) is 29.7 Å². The predicted octanol–water partition coefficient (Wildman–Crippen LogP) is 7.59. The van der Waals surface area contributed by atoms with Crippen molar-refractivity contribution in [2.24, 2.45) is 0 Å². The van der Waals surface area contributed by atoms with Crippen LogP contribution in [0.2, 0.25) is 0 Å². The van der Waals surface area contributed by atoms with Crippen LogP contribution in [0, 0.1) is 0 Å². The first-order valence-electron chi connectivity index (χ1n) is 17.9. The number of unbranched alkanes of at least 4 members (excludes halogenated alkanes) is 24. The molecule has 0 radical (unpaired) electrons. The second kappa shape index (κ2) is 44.9. The monoisotopic (exact) mass is 609 g/mol. The van der Waals surface area contributed by atoms with Gasteiger partial charge in [0.1, 0.15) is 0 Å². The molecule has 43 heavy (non-hydrogen) atoms. The van der Waals surface area contributed by atoms with Gasteiger partial charge >= 0.3 is 8.41 Å². The Morgan fingerprint density at radius 2 is 0.442 bits per heavy atom. The van der Waals surface area contributed by atoms with E-state index in [1.165, 1.54) is 135 Å². The van der Waals surface area contributed by atoms with E-state index < -0.39 is 17.9 Å². The maximum absolute atomic E-state index is 10.1. The maximum Gasteiger partial charge on any atom is 3.00 e. The molecule has 0 saturated carbocycles. The van der Waals surface area contributed by atoms with Gasteiger partial charge in [-0.3, -0.25) is 0 Å². The average Bonchev–Trinajstić information content (AvgIpc) is 2.95. The third-order valence-corrected chi connectivity index (χ3v) is 7.45. The summed E-state index contributed by atoms with van der Waals surface area (Å²) in [5.74, 6) is -2.73. The molecule has 0 aliphatic heterocycles. The first-order chi connectivity index (χ1) is 20.3. The second-order valence-corrected chi connectivity index (χ2v) is 11.9. The summed E-state index contributed by atoms with van der Waals surface area (Å²) >= 11 is 0. The molecule has 0 heterocycles. The number of hydrogen-bond donors (Lipinski definition) is 0. The molecule has 0 fully saturated rings. The van der Waals surface area contributed by atoms with Crippen LogP contribution in [-0.4, -0.2) is 26.3 Å². The average molecular weight is 609 g/mol. The molecule has 252 valence electrons. The normalized spacial score (nSPS) is 10.1. The Morgan fingerprint density at radius 1 is 0.302 bits per heavy atom. The Morgan fingerprint density at radius 3 is 0.581 bits per heavy atom. The summed E-state index contributed by atoms with van der Waals surface area (Å²) < 4.78 is 0. The molecule has 0 aromatic heterocycles. The fraction of sp³-hybridized carbons (Fsp3) is 0.917. The minimum absolute atomic E-state index is 0. The first-order valence-corrected chi connectivity index (χ1v) is 17.9.